The molecule has 1 aromatic heterocycles. The maximum atomic E-state index is 11.3. The van der Waals surface area contributed by atoms with Crippen molar-refractivity contribution in [3.63, 3.8) is 0 Å². The Kier molecular flexibility index (Phi) is 6.79. The second-order valence-corrected chi connectivity index (χ2v) is 6.27. The van der Waals surface area contributed by atoms with Gasteiger partial charge in [-0.05, 0) is 24.3 Å². The molecule has 0 spiro atoms. The number of furan rings is 1. The Labute approximate surface area is 143 Å². The highest BCUT2D eigenvalue weighted by atomic mass is 35.5. The van der Waals surface area contributed by atoms with Crippen LogP contribution < -0.4 is 10.5 Å². The normalized spacial score (nSPS) is 10.2. The molecule has 8 nitrogen and oxygen atoms in total. The average Bonchev–Trinajstić information content (AvgIpc) is 2.97. The van der Waals surface area contributed by atoms with Gasteiger partial charge in [-0.3, -0.25) is 0 Å². The van der Waals surface area contributed by atoms with Crippen LogP contribution in [0.4, 0.5) is 5.69 Å². The Bertz CT molecular complexity index is 857. The quantitative estimate of drug-likeness (QED) is 0.731. The number of carboxylic acid groups (broad SMARTS) is 1. The molecule has 0 bridgehead atoms. The summed E-state index contributed by atoms with van der Waals surface area (Å²) in [5.41, 5.74) is -0.0914. The Morgan fingerprint density at radius 3 is 2.58 bits per heavy atom. The largest absolute Gasteiger partial charge is 0.478 e. The van der Waals surface area contributed by atoms with Gasteiger partial charge in [0, 0.05) is 6.92 Å². The van der Waals surface area contributed by atoms with E-state index in [1.807, 2.05) is 0 Å². The van der Waals surface area contributed by atoms with E-state index >= 15 is 0 Å². The highest BCUT2D eigenvalue weighted by Gasteiger charge is 2.20. The van der Waals surface area contributed by atoms with Crippen molar-refractivity contribution in [3.05, 3.63) is 46.9 Å². The van der Waals surface area contributed by atoms with Gasteiger partial charge >= 0.3 is 5.97 Å². The topological polar surface area (TPSA) is 146 Å². The lowest BCUT2D eigenvalue weighted by molar-refractivity contribution is 0.0697. The molecule has 1 heterocycles. The first-order valence-corrected chi connectivity index (χ1v) is 8.29. The van der Waals surface area contributed by atoms with Gasteiger partial charge in [-0.25, -0.2) is 18.4 Å². The van der Waals surface area contributed by atoms with E-state index in [-0.39, 0.29) is 22.8 Å². The maximum absolute atomic E-state index is 11.3. The summed E-state index contributed by atoms with van der Waals surface area (Å²) >= 11 is 5.84. The van der Waals surface area contributed by atoms with Gasteiger partial charge in [-0.15, -0.1) is 0 Å². The molecule has 1 aromatic carbocycles. The molecule has 0 aliphatic carbocycles. The molecule has 0 aliphatic rings. The van der Waals surface area contributed by atoms with Crippen molar-refractivity contribution in [1.29, 1.82) is 5.26 Å². The Morgan fingerprint density at radius 1 is 1.50 bits per heavy atom. The van der Waals surface area contributed by atoms with Crippen LogP contribution in [0.3, 0.4) is 0 Å². The fourth-order valence-electron chi connectivity index (χ4n) is 1.69. The summed E-state index contributed by atoms with van der Waals surface area (Å²) in [4.78, 5) is 10.8. The molecular weight excluding hydrogens is 358 g/mol. The van der Waals surface area contributed by atoms with E-state index in [1.54, 1.807) is 18.2 Å². The fraction of sp³-hybridized carbons (Fsp3) is 0.143. The van der Waals surface area contributed by atoms with Crippen molar-refractivity contribution in [1.82, 2.24) is 0 Å². The van der Waals surface area contributed by atoms with E-state index in [2.05, 4.69) is 5.32 Å². The molecule has 0 saturated heterocycles. The minimum absolute atomic E-state index is 0.163. The van der Waals surface area contributed by atoms with Crippen LogP contribution in [0.25, 0.3) is 0 Å². The second kappa shape index (κ2) is 8.35. The van der Waals surface area contributed by atoms with Crippen molar-refractivity contribution < 1.29 is 22.7 Å². The smallest absolute Gasteiger partial charge is 0.337 e. The standard InChI is InChI=1S/C12H11ClN2O5S.C2H3N/c13-9-5-10(15-6-7-2-1-3-20-7)8(12(16)17)4-11(9)21(14,18)19;1-2-3/h1-5,15H,6H2,(H,16,17)(H2,14,18,19);1H3. The molecule has 2 rings (SSSR count). The summed E-state index contributed by atoms with van der Waals surface area (Å²) in [5.74, 6) is -0.725. The van der Waals surface area contributed by atoms with Crippen molar-refractivity contribution in [2.45, 2.75) is 18.4 Å². The fourth-order valence-corrected chi connectivity index (χ4v) is 2.79. The first-order valence-electron chi connectivity index (χ1n) is 6.37. The molecule has 0 atom stereocenters. The zero-order chi connectivity index (χ0) is 18.3. The maximum Gasteiger partial charge on any atom is 0.337 e. The van der Waals surface area contributed by atoms with Gasteiger partial charge in [-0.2, -0.15) is 5.26 Å². The summed E-state index contributed by atoms with van der Waals surface area (Å²) in [5, 5.41) is 24.1. The van der Waals surface area contributed by atoms with Crippen molar-refractivity contribution >= 4 is 33.3 Å². The summed E-state index contributed by atoms with van der Waals surface area (Å²) in [6, 6.07) is 7.26. The van der Waals surface area contributed by atoms with Gasteiger partial charge in [-0.1, -0.05) is 11.6 Å². The number of nitrogens with one attached hydrogen (secondary N) is 1. The van der Waals surface area contributed by atoms with Gasteiger partial charge in [0.15, 0.2) is 0 Å². The molecule has 0 fully saturated rings. The third-order valence-electron chi connectivity index (χ3n) is 2.64. The summed E-state index contributed by atoms with van der Waals surface area (Å²) < 4.78 is 27.8. The number of hydrogen-bond donors (Lipinski definition) is 3. The van der Waals surface area contributed by atoms with Crippen LogP contribution in [0.1, 0.15) is 23.0 Å². The van der Waals surface area contributed by atoms with Crippen molar-refractivity contribution in [2.24, 2.45) is 5.14 Å². The van der Waals surface area contributed by atoms with E-state index in [4.69, 9.17) is 31.5 Å². The number of sulfonamides is 1. The van der Waals surface area contributed by atoms with Gasteiger partial charge < -0.3 is 14.8 Å². The summed E-state index contributed by atoms with van der Waals surface area (Å²) in [6.45, 7) is 1.65. The average molecular weight is 372 g/mol. The van der Waals surface area contributed by atoms with Crippen LogP contribution in [-0.2, 0) is 16.6 Å². The summed E-state index contributed by atoms with van der Waals surface area (Å²) in [6.07, 6.45) is 1.48. The molecule has 10 heteroatoms. The SMILES string of the molecule is CC#N.NS(=O)(=O)c1cc(C(=O)O)c(NCc2ccco2)cc1Cl. The number of anilines is 1. The Balaban J connectivity index is 0.000000891. The van der Waals surface area contributed by atoms with E-state index < -0.39 is 20.9 Å². The molecular formula is C14H14ClN3O5S. The number of benzene rings is 1. The van der Waals surface area contributed by atoms with E-state index in [1.165, 1.54) is 19.3 Å². The van der Waals surface area contributed by atoms with Crippen LogP contribution >= 0.6 is 11.6 Å². The minimum Gasteiger partial charge on any atom is -0.478 e. The predicted molar refractivity (Wildman–Crippen MR) is 87.1 cm³/mol. The molecule has 0 saturated carbocycles. The lowest BCUT2D eigenvalue weighted by Gasteiger charge is -2.11. The van der Waals surface area contributed by atoms with Gasteiger partial charge in [0.1, 0.15) is 10.7 Å². The van der Waals surface area contributed by atoms with Crippen LogP contribution in [0.2, 0.25) is 5.02 Å². The zero-order valence-electron chi connectivity index (χ0n) is 12.5. The highest BCUT2D eigenvalue weighted by Crippen LogP contribution is 2.28. The Hall–Kier alpha value is -2.54. The lowest BCUT2D eigenvalue weighted by Crippen LogP contribution is -2.15. The number of carbonyl (C=O) groups is 1. The third-order valence-corrected chi connectivity index (χ3v) is 4.02. The van der Waals surface area contributed by atoms with E-state index in [9.17, 15) is 13.2 Å². The monoisotopic (exact) mass is 371 g/mol. The molecule has 0 aliphatic heterocycles. The van der Waals surface area contributed by atoms with Crippen LogP contribution in [0, 0.1) is 11.3 Å². The predicted octanol–water partition coefficient (Wildman–Crippen LogP) is 2.42. The number of rotatable bonds is 5. The van der Waals surface area contributed by atoms with Gasteiger partial charge in [0.25, 0.3) is 0 Å². The molecule has 4 N–H and O–H groups in total. The number of primary sulfonamides is 1. The first kappa shape index (κ1) is 19.5. The molecule has 24 heavy (non-hydrogen) atoms. The molecule has 0 amide bonds. The number of nitriles is 1. The van der Waals surface area contributed by atoms with E-state index in [0.29, 0.717) is 5.76 Å². The molecule has 128 valence electrons. The number of nitrogens with two attached hydrogens (primary N) is 1. The number of carboxylic acids is 1. The molecule has 2 aromatic rings. The number of halogens is 1. The van der Waals surface area contributed by atoms with Crippen LogP contribution in [0.5, 0.6) is 0 Å². The van der Waals surface area contributed by atoms with Crippen molar-refractivity contribution in [2.75, 3.05) is 5.32 Å². The number of hydrogen-bond acceptors (Lipinski definition) is 6. The van der Waals surface area contributed by atoms with Crippen molar-refractivity contribution in [3.8, 4) is 6.07 Å². The minimum atomic E-state index is -4.11. The molecule has 0 unspecified atom stereocenters. The third kappa shape index (κ3) is 5.27. The van der Waals surface area contributed by atoms with Crippen LogP contribution in [-0.4, -0.2) is 19.5 Å². The summed E-state index contributed by atoms with van der Waals surface area (Å²) in [7, 11) is -4.11. The van der Waals surface area contributed by atoms with Gasteiger partial charge in [0.05, 0.1) is 35.2 Å². The van der Waals surface area contributed by atoms with Gasteiger partial charge in [0.2, 0.25) is 10.0 Å². The number of aromatic carboxylic acids is 1. The van der Waals surface area contributed by atoms with E-state index in [0.717, 1.165) is 6.07 Å². The Morgan fingerprint density at radius 2 is 2.12 bits per heavy atom. The van der Waals surface area contributed by atoms with Crippen LogP contribution in [0.15, 0.2) is 39.8 Å². The number of nitrogens with zero attached hydrogens (tertiary/aromatic N) is 1. The highest BCUT2D eigenvalue weighted by molar-refractivity contribution is 7.89. The lowest BCUT2D eigenvalue weighted by atomic mass is 10.1. The second-order valence-electron chi connectivity index (χ2n) is 4.33. The zero-order valence-corrected chi connectivity index (χ0v) is 14.1. The first-order chi connectivity index (χ1) is 11.2. The molecule has 0 radical (unpaired) electrons.